The van der Waals surface area contributed by atoms with Crippen molar-refractivity contribution in [2.24, 2.45) is 10.9 Å². The van der Waals surface area contributed by atoms with Gasteiger partial charge < -0.3 is 24.8 Å². The second-order valence-corrected chi connectivity index (χ2v) is 12.0. The normalized spacial score (nSPS) is 20.4. The Morgan fingerprint density at radius 1 is 1.30 bits per heavy atom. The molecule has 2 aliphatic rings. The van der Waals surface area contributed by atoms with E-state index in [2.05, 4.69) is 25.2 Å². The largest absolute Gasteiger partial charge is 0.383 e. The second-order valence-electron chi connectivity index (χ2n) is 10.5. The molecule has 3 amide bonds. The summed E-state index contributed by atoms with van der Waals surface area (Å²) >= 11 is 7.48. The highest BCUT2D eigenvalue weighted by Crippen LogP contribution is 2.28. The number of amides is 3. The number of hydrogen-bond acceptors (Lipinski definition) is 7. The van der Waals surface area contributed by atoms with Crippen LogP contribution in [0.15, 0.2) is 29.3 Å². The molecule has 1 aliphatic heterocycles. The van der Waals surface area contributed by atoms with Crippen molar-refractivity contribution in [1.82, 2.24) is 25.1 Å². The lowest BCUT2D eigenvalue weighted by Crippen LogP contribution is -2.47. The molecule has 3 heterocycles. The lowest BCUT2D eigenvalue weighted by Gasteiger charge is -2.32. The molecule has 0 spiro atoms. The van der Waals surface area contributed by atoms with Crippen LogP contribution in [0.2, 0.25) is 5.02 Å². The first-order chi connectivity index (χ1) is 19.2. The van der Waals surface area contributed by atoms with E-state index in [1.807, 2.05) is 13.1 Å². The Hall–Kier alpha value is -3.12. The molecular formula is C28H33ClN6O4S. The van der Waals surface area contributed by atoms with Crippen LogP contribution in [0.1, 0.15) is 50.1 Å². The number of fused-ring (bicyclic) bond motifs is 2. The zero-order chi connectivity index (χ0) is 28.4. The van der Waals surface area contributed by atoms with Gasteiger partial charge in [0.1, 0.15) is 5.69 Å². The fourth-order valence-corrected chi connectivity index (χ4v) is 6.48. The van der Waals surface area contributed by atoms with Gasteiger partial charge in [0.05, 0.1) is 18.3 Å². The number of aromatic amines is 1. The van der Waals surface area contributed by atoms with Gasteiger partial charge in [-0.25, -0.2) is 9.98 Å². The fraction of sp³-hybridized carbons (Fsp3) is 0.464. The molecule has 2 aromatic heterocycles. The summed E-state index contributed by atoms with van der Waals surface area (Å²) in [4.78, 5) is 56.8. The van der Waals surface area contributed by atoms with Crippen LogP contribution < -0.4 is 5.32 Å². The van der Waals surface area contributed by atoms with Gasteiger partial charge in [0, 0.05) is 72.6 Å². The molecule has 1 aliphatic carbocycles. The minimum Gasteiger partial charge on any atom is -0.383 e. The molecule has 0 saturated heterocycles. The molecule has 1 aromatic carbocycles. The molecule has 2 N–H and O–H groups in total. The summed E-state index contributed by atoms with van der Waals surface area (Å²) in [5.74, 6) is -1.11. The van der Waals surface area contributed by atoms with Gasteiger partial charge in [0.2, 0.25) is 5.91 Å². The van der Waals surface area contributed by atoms with Crippen LogP contribution in [-0.4, -0.2) is 90.1 Å². The molecule has 3 aromatic rings. The zero-order valence-corrected chi connectivity index (χ0v) is 24.4. The zero-order valence-electron chi connectivity index (χ0n) is 22.8. The predicted octanol–water partition coefficient (Wildman–Crippen LogP) is 3.55. The van der Waals surface area contributed by atoms with Crippen molar-refractivity contribution >= 4 is 57.3 Å². The molecule has 0 radical (unpaired) electrons. The third-order valence-electron chi connectivity index (χ3n) is 7.50. The maximum absolute atomic E-state index is 13.3. The van der Waals surface area contributed by atoms with Gasteiger partial charge in [-0.2, -0.15) is 0 Å². The number of aliphatic imine (C=N–C) groups is 1. The molecule has 0 bridgehead atoms. The number of benzene rings is 1. The first-order valence-corrected chi connectivity index (χ1v) is 14.5. The molecular weight excluding hydrogens is 552 g/mol. The summed E-state index contributed by atoms with van der Waals surface area (Å²) in [5.41, 5.74) is 2.63. The highest BCUT2D eigenvalue weighted by Gasteiger charge is 2.34. The lowest BCUT2D eigenvalue weighted by molar-refractivity contribution is -0.135. The topological polar surface area (TPSA) is 120 Å². The number of carbonyl (C=O) groups excluding carboxylic acids is 3. The molecule has 1 fully saturated rings. The number of hydrogen-bond donors (Lipinski definition) is 2. The molecule has 212 valence electrons. The Balaban J connectivity index is 1.38. The van der Waals surface area contributed by atoms with E-state index < -0.39 is 11.9 Å². The Morgan fingerprint density at radius 2 is 2.12 bits per heavy atom. The maximum atomic E-state index is 13.3. The Morgan fingerprint density at radius 3 is 2.92 bits per heavy atom. The second kappa shape index (κ2) is 12.2. The van der Waals surface area contributed by atoms with E-state index in [-0.39, 0.29) is 24.2 Å². The van der Waals surface area contributed by atoms with Crippen LogP contribution in [0.25, 0.3) is 10.9 Å². The van der Waals surface area contributed by atoms with Gasteiger partial charge in [-0.1, -0.05) is 11.6 Å². The van der Waals surface area contributed by atoms with Crippen LogP contribution in [0.4, 0.5) is 0 Å². The first kappa shape index (κ1) is 28.4. The van der Waals surface area contributed by atoms with E-state index in [1.165, 1.54) is 11.3 Å². The average molecular weight is 585 g/mol. The highest BCUT2D eigenvalue weighted by molar-refractivity contribution is 7.13. The number of aromatic nitrogens is 2. The number of nitrogens with zero attached hydrogens (tertiary/aromatic N) is 4. The molecule has 10 nitrogen and oxygen atoms in total. The Bertz CT molecular complexity index is 1470. The number of methoxy groups -OCH3 is 1. The number of rotatable bonds is 7. The monoisotopic (exact) mass is 584 g/mol. The quantitative estimate of drug-likeness (QED) is 0.438. The highest BCUT2D eigenvalue weighted by atomic mass is 35.5. The summed E-state index contributed by atoms with van der Waals surface area (Å²) in [6.07, 6.45) is 2.13. The van der Waals surface area contributed by atoms with E-state index in [4.69, 9.17) is 16.3 Å². The van der Waals surface area contributed by atoms with Crippen molar-refractivity contribution < 1.29 is 19.1 Å². The van der Waals surface area contributed by atoms with E-state index in [1.54, 1.807) is 37.3 Å². The number of likely N-dealkylation sites (N-methyl/N-ethyl adjacent to an activating group) is 2. The molecule has 0 unspecified atom stereocenters. The van der Waals surface area contributed by atoms with Crippen LogP contribution in [0, 0.1) is 5.92 Å². The summed E-state index contributed by atoms with van der Waals surface area (Å²) in [6.45, 7) is 2.57. The van der Waals surface area contributed by atoms with Gasteiger partial charge in [0.25, 0.3) is 5.91 Å². The number of halogens is 1. The summed E-state index contributed by atoms with van der Waals surface area (Å²) in [5, 5.41) is 4.80. The van der Waals surface area contributed by atoms with Gasteiger partial charge in [-0.15, -0.1) is 11.3 Å². The summed E-state index contributed by atoms with van der Waals surface area (Å²) < 4.78 is 5.12. The molecule has 12 heteroatoms. The third-order valence-corrected chi connectivity index (χ3v) is 8.81. The number of thiazole rings is 1. The van der Waals surface area contributed by atoms with E-state index >= 15 is 0 Å². The Labute approximate surface area is 241 Å². The van der Waals surface area contributed by atoms with Crippen molar-refractivity contribution in [3.8, 4) is 0 Å². The minimum atomic E-state index is -0.486. The molecule has 1 saturated carbocycles. The SMILES string of the molecule is COCCN(C)C(=O)[C@H]1CC[C@H](NC(=O)c2cc3cc(Cl)ccc3[nH]2)C(=NC(=O)c2nc3c(s2)CN(C)CC3)C1. The van der Waals surface area contributed by atoms with Crippen molar-refractivity contribution in [2.45, 2.75) is 38.3 Å². The van der Waals surface area contributed by atoms with E-state index in [0.29, 0.717) is 47.4 Å². The smallest absolute Gasteiger partial charge is 0.305 e. The summed E-state index contributed by atoms with van der Waals surface area (Å²) in [7, 11) is 5.39. The predicted molar refractivity (Wildman–Crippen MR) is 155 cm³/mol. The van der Waals surface area contributed by atoms with E-state index in [9.17, 15) is 14.4 Å². The number of nitrogens with one attached hydrogen (secondary N) is 2. The number of H-pyrrole nitrogens is 1. The number of ether oxygens (including phenoxy) is 1. The van der Waals surface area contributed by atoms with Gasteiger partial charge in [-0.05, 0) is 50.6 Å². The van der Waals surface area contributed by atoms with Crippen molar-refractivity contribution in [2.75, 3.05) is 40.9 Å². The van der Waals surface area contributed by atoms with E-state index in [0.717, 1.165) is 41.0 Å². The Kier molecular flexibility index (Phi) is 8.65. The van der Waals surface area contributed by atoms with Crippen LogP contribution in [0.5, 0.6) is 0 Å². The first-order valence-electron chi connectivity index (χ1n) is 13.3. The molecule has 5 rings (SSSR count). The fourth-order valence-electron chi connectivity index (χ4n) is 5.23. The van der Waals surface area contributed by atoms with Crippen LogP contribution in [0.3, 0.4) is 0 Å². The van der Waals surface area contributed by atoms with Gasteiger partial charge in [0.15, 0.2) is 5.01 Å². The van der Waals surface area contributed by atoms with Crippen LogP contribution >= 0.6 is 22.9 Å². The summed E-state index contributed by atoms with van der Waals surface area (Å²) in [6, 6.07) is 6.63. The van der Waals surface area contributed by atoms with Crippen LogP contribution in [-0.2, 0) is 22.5 Å². The molecule has 40 heavy (non-hydrogen) atoms. The molecule has 2 atom stereocenters. The third kappa shape index (κ3) is 6.27. The van der Waals surface area contributed by atoms with Crippen molar-refractivity contribution in [1.29, 1.82) is 0 Å². The van der Waals surface area contributed by atoms with Gasteiger partial charge in [-0.3, -0.25) is 14.4 Å². The average Bonchev–Trinajstić information content (AvgIpc) is 3.56. The van der Waals surface area contributed by atoms with Gasteiger partial charge >= 0.3 is 5.91 Å². The lowest BCUT2D eigenvalue weighted by atomic mass is 9.83. The minimum absolute atomic E-state index is 0.0257. The standard InChI is InChI=1S/C28H33ClN6O4S/c1-34-9-8-21-24(15-34)40-27(33-21)26(37)32-22-13-16(28(38)35(2)10-11-39-3)4-6-20(22)31-25(36)23-14-17-12-18(29)5-7-19(17)30-23/h5,7,12,14,16,20,30H,4,6,8-11,13,15H2,1-3H3,(H,31,36)/t16-,20-/m0/s1. The number of carbonyl (C=O) groups is 3. The van der Waals surface area contributed by atoms with Crippen molar-refractivity contribution in [3.05, 3.63) is 50.6 Å². The van der Waals surface area contributed by atoms with Crippen molar-refractivity contribution in [3.63, 3.8) is 0 Å². The maximum Gasteiger partial charge on any atom is 0.305 e.